The predicted molar refractivity (Wildman–Crippen MR) is 70.3 cm³/mol. The van der Waals surface area contributed by atoms with Gasteiger partial charge in [-0.2, -0.15) is 13.2 Å². The maximum Gasteiger partial charge on any atom is 0.389 e. The summed E-state index contributed by atoms with van der Waals surface area (Å²) in [6.45, 7) is 0. The number of nitro groups is 1. The molecule has 0 unspecified atom stereocenters. The maximum atomic E-state index is 12.0. The van der Waals surface area contributed by atoms with Gasteiger partial charge < -0.3 is 5.73 Å². The molecule has 0 saturated heterocycles. The largest absolute Gasteiger partial charge is 0.389 e. The van der Waals surface area contributed by atoms with Crippen molar-refractivity contribution in [2.75, 3.05) is 0 Å². The van der Waals surface area contributed by atoms with E-state index in [0.29, 0.717) is 5.56 Å². The maximum absolute atomic E-state index is 12.0. The molecular formula is C10H11BrClF3N2O2. The Hall–Kier alpha value is -0.860. The van der Waals surface area contributed by atoms with Crippen molar-refractivity contribution in [3.63, 3.8) is 0 Å². The Labute approximate surface area is 121 Å². The lowest BCUT2D eigenvalue weighted by molar-refractivity contribution is -0.385. The molecule has 0 aliphatic rings. The SMILES string of the molecule is Cl.N[C@H](CCC(F)(F)F)c1ccc(Br)c([N+](=O)[O-])c1. The van der Waals surface area contributed by atoms with E-state index in [1.807, 2.05) is 0 Å². The van der Waals surface area contributed by atoms with E-state index in [-0.39, 0.29) is 29.0 Å². The number of nitrogens with zero attached hydrogens (tertiary/aromatic N) is 1. The lowest BCUT2D eigenvalue weighted by atomic mass is 10.0. The first-order valence-corrected chi connectivity index (χ1v) is 5.76. The summed E-state index contributed by atoms with van der Waals surface area (Å²) in [6, 6.07) is 3.18. The monoisotopic (exact) mass is 362 g/mol. The summed E-state index contributed by atoms with van der Waals surface area (Å²) in [7, 11) is 0. The fourth-order valence-electron chi connectivity index (χ4n) is 1.39. The third kappa shape index (κ3) is 5.75. The average molecular weight is 364 g/mol. The van der Waals surface area contributed by atoms with Crippen LogP contribution < -0.4 is 5.73 Å². The van der Waals surface area contributed by atoms with Crippen LogP contribution >= 0.6 is 28.3 Å². The fraction of sp³-hybridized carbons (Fsp3) is 0.400. The number of nitrogens with two attached hydrogens (primary N) is 1. The van der Waals surface area contributed by atoms with E-state index in [9.17, 15) is 23.3 Å². The van der Waals surface area contributed by atoms with E-state index in [2.05, 4.69) is 15.9 Å². The number of hydrogen-bond donors (Lipinski definition) is 1. The molecule has 0 spiro atoms. The van der Waals surface area contributed by atoms with Gasteiger partial charge in [-0.25, -0.2) is 0 Å². The zero-order valence-electron chi connectivity index (χ0n) is 9.48. The molecule has 0 aliphatic carbocycles. The Morgan fingerprint density at radius 2 is 2.00 bits per heavy atom. The van der Waals surface area contributed by atoms with E-state index in [4.69, 9.17) is 5.73 Å². The molecule has 0 fully saturated rings. The summed E-state index contributed by atoms with van der Waals surface area (Å²) in [5.41, 5.74) is 5.68. The first kappa shape index (κ1) is 18.1. The molecule has 0 aromatic heterocycles. The highest BCUT2D eigenvalue weighted by Crippen LogP contribution is 2.31. The Bertz CT molecular complexity index is 457. The molecule has 0 saturated carbocycles. The van der Waals surface area contributed by atoms with E-state index >= 15 is 0 Å². The van der Waals surface area contributed by atoms with Gasteiger partial charge in [0.15, 0.2) is 0 Å². The van der Waals surface area contributed by atoms with Crippen molar-refractivity contribution in [2.45, 2.75) is 25.1 Å². The Morgan fingerprint density at radius 1 is 1.42 bits per heavy atom. The number of hydrogen-bond acceptors (Lipinski definition) is 3. The smallest absolute Gasteiger partial charge is 0.324 e. The van der Waals surface area contributed by atoms with Crippen molar-refractivity contribution >= 4 is 34.0 Å². The first-order chi connectivity index (χ1) is 8.20. The molecule has 0 radical (unpaired) electrons. The van der Waals surface area contributed by atoms with Crippen molar-refractivity contribution in [1.29, 1.82) is 0 Å². The van der Waals surface area contributed by atoms with Crippen LogP contribution in [0.3, 0.4) is 0 Å². The predicted octanol–water partition coefficient (Wildman–Crippen LogP) is 4.12. The molecule has 0 heterocycles. The van der Waals surface area contributed by atoms with Crippen LogP contribution in [-0.2, 0) is 0 Å². The normalized spacial score (nSPS) is 12.7. The van der Waals surface area contributed by atoms with Crippen LogP contribution in [0.25, 0.3) is 0 Å². The second kappa shape index (κ2) is 7.06. The van der Waals surface area contributed by atoms with Gasteiger partial charge in [0.25, 0.3) is 5.69 Å². The topological polar surface area (TPSA) is 69.2 Å². The molecule has 1 aromatic carbocycles. The zero-order valence-corrected chi connectivity index (χ0v) is 11.9. The Kier molecular flexibility index (Phi) is 6.74. The lowest BCUT2D eigenvalue weighted by Gasteiger charge is -2.13. The van der Waals surface area contributed by atoms with E-state index in [0.717, 1.165) is 0 Å². The molecular weight excluding hydrogens is 352 g/mol. The highest BCUT2D eigenvalue weighted by molar-refractivity contribution is 9.10. The number of halogens is 5. The van der Waals surface area contributed by atoms with Crippen LogP contribution in [-0.4, -0.2) is 11.1 Å². The molecule has 9 heteroatoms. The molecule has 0 bridgehead atoms. The van der Waals surface area contributed by atoms with Crippen LogP contribution in [0.5, 0.6) is 0 Å². The summed E-state index contributed by atoms with van der Waals surface area (Å²) in [5.74, 6) is 0. The molecule has 2 N–H and O–H groups in total. The van der Waals surface area contributed by atoms with Crippen molar-refractivity contribution in [2.24, 2.45) is 5.73 Å². The standard InChI is InChI=1S/C10H10BrF3N2O2.ClH/c11-7-2-1-6(5-9(7)16(17)18)8(15)3-4-10(12,13)14;/h1-2,5,8H,3-4,15H2;1H/t8-;/m1./s1. The van der Waals surface area contributed by atoms with E-state index in [1.54, 1.807) is 0 Å². The van der Waals surface area contributed by atoms with Crippen molar-refractivity contribution in [3.05, 3.63) is 38.3 Å². The van der Waals surface area contributed by atoms with Gasteiger partial charge in [-0.1, -0.05) is 6.07 Å². The van der Waals surface area contributed by atoms with Crippen molar-refractivity contribution in [1.82, 2.24) is 0 Å². The number of benzene rings is 1. The number of nitro benzene ring substituents is 1. The van der Waals surface area contributed by atoms with Crippen molar-refractivity contribution in [3.8, 4) is 0 Å². The van der Waals surface area contributed by atoms with E-state index < -0.39 is 23.6 Å². The molecule has 0 amide bonds. The summed E-state index contributed by atoms with van der Waals surface area (Å²) in [6.07, 6.45) is -5.60. The number of rotatable bonds is 4. The first-order valence-electron chi connectivity index (χ1n) is 4.97. The van der Waals surface area contributed by atoms with Crippen LogP contribution in [0.2, 0.25) is 0 Å². The van der Waals surface area contributed by atoms with Crippen LogP contribution in [0, 0.1) is 10.1 Å². The average Bonchev–Trinajstić information content (AvgIpc) is 2.25. The Morgan fingerprint density at radius 3 is 2.47 bits per heavy atom. The van der Waals surface area contributed by atoms with Crippen molar-refractivity contribution < 1.29 is 18.1 Å². The lowest BCUT2D eigenvalue weighted by Crippen LogP contribution is -2.16. The summed E-state index contributed by atoms with van der Waals surface area (Å²) >= 11 is 2.99. The summed E-state index contributed by atoms with van der Waals surface area (Å²) in [4.78, 5) is 10.0. The molecule has 4 nitrogen and oxygen atoms in total. The van der Waals surface area contributed by atoms with Crippen LogP contribution in [0.15, 0.2) is 22.7 Å². The minimum absolute atomic E-state index is 0. The molecule has 0 aliphatic heterocycles. The second-order valence-electron chi connectivity index (χ2n) is 3.73. The molecule has 1 atom stereocenters. The van der Waals surface area contributed by atoms with Crippen LogP contribution in [0.4, 0.5) is 18.9 Å². The quantitative estimate of drug-likeness (QED) is 0.646. The minimum atomic E-state index is -4.28. The van der Waals surface area contributed by atoms with Gasteiger partial charge in [0.05, 0.1) is 9.40 Å². The molecule has 1 aromatic rings. The van der Waals surface area contributed by atoms with E-state index in [1.165, 1.54) is 18.2 Å². The third-order valence-corrected chi connectivity index (χ3v) is 3.00. The van der Waals surface area contributed by atoms with Gasteiger partial charge >= 0.3 is 6.18 Å². The second-order valence-corrected chi connectivity index (χ2v) is 4.58. The minimum Gasteiger partial charge on any atom is -0.324 e. The van der Waals surface area contributed by atoms with Gasteiger partial charge in [-0.3, -0.25) is 10.1 Å². The third-order valence-electron chi connectivity index (χ3n) is 2.33. The summed E-state index contributed by atoms with van der Waals surface area (Å²) in [5, 5.41) is 10.7. The highest BCUT2D eigenvalue weighted by Gasteiger charge is 2.28. The molecule has 108 valence electrons. The van der Waals surface area contributed by atoms with Gasteiger partial charge in [0.2, 0.25) is 0 Å². The zero-order chi connectivity index (χ0) is 13.9. The van der Waals surface area contributed by atoms with Gasteiger partial charge in [-0.05, 0) is 34.0 Å². The van der Waals surface area contributed by atoms with Gasteiger partial charge in [-0.15, -0.1) is 12.4 Å². The van der Waals surface area contributed by atoms with Gasteiger partial charge in [0, 0.05) is 18.5 Å². The molecule has 19 heavy (non-hydrogen) atoms. The Balaban J connectivity index is 0.00000324. The van der Waals surface area contributed by atoms with Gasteiger partial charge in [0.1, 0.15) is 0 Å². The fourth-order valence-corrected chi connectivity index (χ4v) is 1.78. The van der Waals surface area contributed by atoms with Crippen LogP contribution in [0.1, 0.15) is 24.4 Å². The number of alkyl halides is 3. The highest BCUT2D eigenvalue weighted by atomic mass is 79.9. The molecule has 1 rings (SSSR count). The summed E-state index contributed by atoms with van der Waals surface area (Å²) < 4.78 is 36.4.